The van der Waals surface area contributed by atoms with Crippen molar-refractivity contribution in [1.29, 1.82) is 0 Å². The van der Waals surface area contributed by atoms with Gasteiger partial charge in [-0.1, -0.05) is 19.0 Å². The van der Waals surface area contributed by atoms with Gasteiger partial charge in [-0.05, 0) is 0 Å². The first kappa shape index (κ1) is 9.10. The Hall–Kier alpha value is -0.900. The van der Waals surface area contributed by atoms with Crippen molar-refractivity contribution in [3.8, 4) is 0 Å². The maximum atomic E-state index is 8.37. The van der Waals surface area contributed by atoms with E-state index in [-0.39, 0.29) is 6.61 Å². The van der Waals surface area contributed by atoms with Gasteiger partial charge in [0.1, 0.15) is 6.61 Å². The van der Waals surface area contributed by atoms with Crippen LogP contribution in [0.1, 0.15) is 25.6 Å². The highest BCUT2D eigenvalue weighted by Crippen LogP contribution is 1.92. The molecule has 10 heavy (non-hydrogen) atoms. The first-order valence-electron chi connectivity index (χ1n) is 3.23. The summed E-state index contributed by atoms with van der Waals surface area (Å²) in [7, 11) is 0. The molecule has 1 heterocycles. The molecule has 0 unspecified atom stereocenters. The first-order chi connectivity index (χ1) is 4.83. The van der Waals surface area contributed by atoms with Gasteiger partial charge in [0, 0.05) is 6.92 Å². The second-order valence-electron chi connectivity index (χ2n) is 1.39. The molecule has 1 aromatic rings. The smallest absolute Gasteiger partial charge is 0.223 e. The van der Waals surface area contributed by atoms with Gasteiger partial charge >= 0.3 is 0 Å². The SMILES string of the molecule is CC.Cc1nc(CO)no1. The average Bonchev–Trinajstić information content (AvgIpc) is 2.40. The fraction of sp³-hybridized carbons (Fsp3) is 0.667. The maximum Gasteiger partial charge on any atom is 0.223 e. The number of nitrogens with zero attached hydrogens (tertiary/aromatic N) is 2. The van der Waals surface area contributed by atoms with Crippen LogP contribution in [0.15, 0.2) is 4.52 Å². The predicted molar refractivity (Wildman–Crippen MR) is 36.3 cm³/mol. The molecule has 0 aromatic carbocycles. The highest BCUT2D eigenvalue weighted by Gasteiger charge is 1.96. The molecule has 0 saturated carbocycles. The summed E-state index contributed by atoms with van der Waals surface area (Å²) in [5.41, 5.74) is 0. The lowest BCUT2D eigenvalue weighted by molar-refractivity contribution is 0.263. The minimum atomic E-state index is -0.155. The average molecular weight is 144 g/mol. The molecular formula is C6H12N2O2. The van der Waals surface area contributed by atoms with Crippen LogP contribution in [0, 0.1) is 6.92 Å². The summed E-state index contributed by atoms with van der Waals surface area (Å²) in [4.78, 5) is 3.70. The van der Waals surface area contributed by atoms with E-state index in [0.717, 1.165) is 0 Å². The lowest BCUT2D eigenvalue weighted by Crippen LogP contribution is -1.83. The fourth-order valence-corrected chi connectivity index (χ4v) is 0.406. The second kappa shape index (κ2) is 4.93. The molecule has 4 heteroatoms. The summed E-state index contributed by atoms with van der Waals surface area (Å²) < 4.78 is 4.53. The van der Waals surface area contributed by atoms with E-state index >= 15 is 0 Å². The van der Waals surface area contributed by atoms with Crippen molar-refractivity contribution in [3.63, 3.8) is 0 Å². The van der Waals surface area contributed by atoms with E-state index in [2.05, 4.69) is 14.7 Å². The minimum absolute atomic E-state index is 0.155. The molecule has 0 saturated heterocycles. The van der Waals surface area contributed by atoms with Gasteiger partial charge in [0.2, 0.25) is 5.89 Å². The van der Waals surface area contributed by atoms with Gasteiger partial charge in [-0.3, -0.25) is 0 Å². The molecule has 0 atom stereocenters. The third-order valence-corrected chi connectivity index (χ3v) is 0.711. The van der Waals surface area contributed by atoms with Gasteiger partial charge < -0.3 is 9.63 Å². The van der Waals surface area contributed by atoms with Crippen LogP contribution < -0.4 is 0 Å². The third kappa shape index (κ3) is 2.59. The minimum Gasteiger partial charge on any atom is -0.388 e. The van der Waals surface area contributed by atoms with Crippen molar-refractivity contribution in [3.05, 3.63) is 11.7 Å². The van der Waals surface area contributed by atoms with Crippen molar-refractivity contribution in [1.82, 2.24) is 10.1 Å². The second-order valence-corrected chi connectivity index (χ2v) is 1.39. The molecule has 1 aromatic heterocycles. The van der Waals surface area contributed by atoms with Gasteiger partial charge in [-0.25, -0.2) is 0 Å². The lowest BCUT2D eigenvalue weighted by Gasteiger charge is -1.74. The summed E-state index contributed by atoms with van der Waals surface area (Å²) in [6, 6.07) is 0. The highest BCUT2D eigenvalue weighted by atomic mass is 16.5. The Kier molecular flexibility index (Phi) is 4.49. The molecule has 0 fully saturated rings. The van der Waals surface area contributed by atoms with Crippen LogP contribution in [0.4, 0.5) is 0 Å². The molecule has 0 radical (unpaired) electrons. The number of hydrogen-bond donors (Lipinski definition) is 1. The maximum absolute atomic E-state index is 8.37. The van der Waals surface area contributed by atoms with Gasteiger partial charge in [0.25, 0.3) is 0 Å². The van der Waals surface area contributed by atoms with Crippen LogP contribution in [0.5, 0.6) is 0 Å². The van der Waals surface area contributed by atoms with Crippen LogP contribution in [-0.2, 0) is 6.61 Å². The van der Waals surface area contributed by atoms with Crippen molar-refractivity contribution in [2.24, 2.45) is 0 Å². The molecular weight excluding hydrogens is 132 g/mol. The Labute approximate surface area is 59.9 Å². The quantitative estimate of drug-likeness (QED) is 0.636. The van der Waals surface area contributed by atoms with Crippen LogP contribution in [0.2, 0.25) is 0 Å². The van der Waals surface area contributed by atoms with E-state index in [1.54, 1.807) is 6.92 Å². The van der Waals surface area contributed by atoms with Crippen LogP contribution in [0.25, 0.3) is 0 Å². The van der Waals surface area contributed by atoms with Gasteiger partial charge in [0.05, 0.1) is 0 Å². The standard InChI is InChI=1S/C4H6N2O2.C2H6/c1-3-5-4(2-7)6-8-3;1-2/h7H,2H2,1H3;1-2H3. The molecule has 1 N–H and O–H groups in total. The van der Waals surface area contributed by atoms with E-state index in [4.69, 9.17) is 5.11 Å². The van der Waals surface area contributed by atoms with Crippen molar-refractivity contribution in [2.75, 3.05) is 0 Å². The summed E-state index contributed by atoms with van der Waals surface area (Å²) in [5.74, 6) is 0.816. The number of aliphatic hydroxyl groups is 1. The molecule has 0 amide bonds. The molecule has 58 valence electrons. The molecule has 0 aliphatic heterocycles. The van der Waals surface area contributed by atoms with E-state index < -0.39 is 0 Å². The predicted octanol–water partition coefficient (Wildman–Crippen LogP) is 0.897. The monoisotopic (exact) mass is 144 g/mol. The van der Waals surface area contributed by atoms with Gasteiger partial charge in [-0.15, -0.1) is 0 Å². The summed E-state index contributed by atoms with van der Waals surface area (Å²) >= 11 is 0. The zero-order valence-corrected chi connectivity index (χ0v) is 6.46. The summed E-state index contributed by atoms with van der Waals surface area (Å²) in [6.07, 6.45) is 0. The van der Waals surface area contributed by atoms with E-state index in [1.165, 1.54) is 0 Å². The summed E-state index contributed by atoms with van der Waals surface area (Å²) in [5, 5.41) is 11.8. The van der Waals surface area contributed by atoms with Crippen LogP contribution in [-0.4, -0.2) is 15.2 Å². The van der Waals surface area contributed by atoms with E-state index in [9.17, 15) is 0 Å². The van der Waals surface area contributed by atoms with Crippen molar-refractivity contribution < 1.29 is 9.63 Å². The largest absolute Gasteiger partial charge is 0.388 e. The number of rotatable bonds is 1. The fourth-order valence-electron chi connectivity index (χ4n) is 0.406. The number of aryl methyl sites for hydroxylation is 1. The Morgan fingerprint density at radius 3 is 2.30 bits per heavy atom. The van der Waals surface area contributed by atoms with E-state index in [0.29, 0.717) is 11.7 Å². The van der Waals surface area contributed by atoms with Gasteiger partial charge in [-0.2, -0.15) is 4.98 Å². The Balaban J connectivity index is 0.000000371. The van der Waals surface area contributed by atoms with Crippen molar-refractivity contribution >= 4 is 0 Å². The topological polar surface area (TPSA) is 59.2 Å². The highest BCUT2D eigenvalue weighted by molar-refractivity contribution is 4.79. The third-order valence-electron chi connectivity index (χ3n) is 0.711. The number of hydrogen-bond acceptors (Lipinski definition) is 4. The van der Waals surface area contributed by atoms with Crippen LogP contribution >= 0.6 is 0 Å². The zero-order chi connectivity index (χ0) is 7.98. The summed E-state index contributed by atoms with van der Waals surface area (Å²) in [6.45, 7) is 5.52. The van der Waals surface area contributed by atoms with E-state index in [1.807, 2.05) is 13.8 Å². The van der Waals surface area contributed by atoms with Crippen molar-refractivity contribution in [2.45, 2.75) is 27.4 Å². The normalized spacial score (nSPS) is 8.40. The molecule has 4 nitrogen and oxygen atoms in total. The molecule has 0 spiro atoms. The van der Waals surface area contributed by atoms with Gasteiger partial charge in [0.15, 0.2) is 5.82 Å². The lowest BCUT2D eigenvalue weighted by atomic mass is 10.7. The Morgan fingerprint density at radius 2 is 2.10 bits per heavy atom. The number of aliphatic hydroxyl groups excluding tert-OH is 1. The Morgan fingerprint density at radius 1 is 1.50 bits per heavy atom. The van der Waals surface area contributed by atoms with Crippen LogP contribution in [0.3, 0.4) is 0 Å². The molecule has 0 aliphatic rings. The Bertz CT molecular complexity index is 174. The zero-order valence-electron chi connectivity index (χ0n) is 6.46. The molecule has 0 bridgehead atoms. The number of aromatic nitrogens is 2. The first-order valence-corrected chi connectivity index (χ1v) is 3.23. The molecule has 1 rings (SSSR count). The molecule has 0 aliphatic carbocycles.